The van der Waals surface area contributed by atoms with Gasteiger partial charge in [0.25, 0.3) is 0 Å². The Morgan fingerprint density at radius 2 is 1.04 bits per heavy atom. The van der Waals surface area contributed by atoms with E-state index in [0.717, 1.165) is 5.69 Å². The molecule has 0 bridgehead atoms. The number of benzene rings is 9. The van der Waals surface area contributed by atoms with Crippen molar-refractivity contribution in [3.8, 4) is 22.3 Å². The molecular weight excluding hydrogens is 659 g/mol. The Labute approximate surface area is 313 Å². The zero-order valence-corrected chi connectivity index (χ0v) is 30.4. The van der Waals surface area contributed by atoms with Crippen LogP contribution >= 0.6 is 11.3 Å². The molecule has 1 aromatic heterocycles. The molecule has 0 fully saturated rings. The van der Waals surface area contributed by atoms with Crippen molar-refractivity contribution in [2.45, 2.75) is 19.3 Å². The molecule has 0 saturated heterocycles. The third-order valence-corrected chi connectivity index (χ3v) is 12.8. The topological polar surface area (TPSA) is 3.24 Å². The largest absolute Gasteiger partial charge is 0.308 e. The number of hydrogen-bond acceptors (Lipinski definition) is 2. The Hall–Kier alpha value is -6.22. The summed E-state index contributed by atoms with van der Waals surface area (Å²) in [6.45, 7) is 4.76. The van der Waals surface area contributed by atoms with E-state index in [1.54, 1.807) is 0 Å². The van der Waals surface area contributed by atoms with Crippen molar-refractivity contribution >= 4 is 80.9 Å². The first-order chi connectivity index (χ1) is 26.0. The van der Waals surface area contributed by atoms with Crippen molar-refractivity contribution in [3.05, 3.63) is 187 Å². The molecule has 0 spiro atoms. The van der Waals surface area contributed by atoms with Gasteiger partial charge < -0.3 is 4.90 Å². The number of anilines is 3. The average Bonchev–Trinajstić information content (AvgIpc) is 3.69. The molecule has 1 aliphatic rings. The van der Waals surface area contributed by atoms with Crippen LogP contribution in [-0.2, 0) is 5.41 Å². The van der Waals surface area contributed by atoms with Crippen LogP contribution < -0.4 is 4.90 Å². The van der Waals surface area contributed by atoms with Gasteiger partial charge in [-0.3, -0.25) is 0 Å². The predicted octanol–water partition coefficient (Wildman–Crippen LogP) is 15.0. The van der Waals surface area contributed by atoms with E-state index in [0.29, 0.717) is 0 Å². The highest BCUT2D eigenvalue weighted by atomic mass is 32.1. The van der Waals surface area contributed by atoms with Crippen LogP contribution in [0.3, 0.4) is 0 Å². The molecule has 1 aliphatic carbocycles. The fourth-order valence-electron chi connectivity index (χ4n) is 9.05. The van der Waals surface area contributed by atoms with Crippen LogP contribution in [0.2, 0.25) is 0 Å². The molecule has 0 unspecified atom stereocenters. The second-order valence-corrected chi connectivity index (χ2v) is 15.9. The molecule has 0 saturated carbocycles. The summed E-state index contributed by atoms with van der Waals surface area (Å²) in [6, 6.07) is 65.5. The predicted molar refractivity (Wildman–Crippen MR) is 230 cm³/mol. The first-order valence-corrected chi connectivity index (χ1v) is 19.2. The smallest absolute Gasteiger partial charge is 0.0640 e. The maximum Gasteiger partial charge on any atom is 0.0640 e. The quantitative estimate of drug-likeness (QED) is 0.177. The van der Waals surface area contributed by atoms with Gasteiger partial charge in [-0.2, -0.15) is 0 Å². The first-order valence-electron chi connectivity index (χ1n) is 18.4. The number of rotatable bonds is 4. The average molecular weight is 694 g/mol. The minimum absolute atomic E-state index is 0.111. The molecule has 0 aliphatic heterocycles. The van der Waals surface area contributed by atoms with Crippen molar-refractivity contribution in [3.63, 3.8) is 0 Å². The van der Waals surface area contributed by atoms with Crippen LogP contribution in [0, 0.1) is 0 Å². The number of hydrogen-bond donors (Lipinski definition) is 0. The summed E-state index contributed by atoms with van der Waals surface area (Å²) in [5.74, 6) is 0. The molecule has 0 atom stereocenters. The van der Waals surface area contributed by atoms with Crippen molar-refractivity contribution < 1.29 is 0 Å². The highest BCUT2D eigenvalue weighted by Gasteiger charge is 2.36. The Morgan fingerprint density at radius 3 is 1.87 bits per heavy atom. The summed E-state index contributed by atoms with van der Waals surface area (Å²) in [6.07, 6.45) is 0. The lowest BCUT2D eigenvalue weighted by Gasteiger charge is -2.30. The highest BCUT2D eigenvalue weighted by Crippen LogP contribution is 2.54. The zero-order valence-electron chi connectivity index (χ0n) is 29.6. The van der Waals surface area contributed by atoms with Crippen molar-refractivity contribution in [1.29, 1.82) is 0 Å². The third kappa shape index (κ3) is 4.49. The zero-order chi connectivity index (χ0) is 35.3. The SMILES string of the molecule is CC1(C)c2ccc(N(c3ccc4ccccc4c3-c3cccc4ccccc34)c3cccc4c3sc3ccccc34)cc2-c2cc3ccccc3cc21. The van der Waals surface area contributed by atoms with E-state index in [9.17, 15) is 0 Å². The molecule has 1 nitrogen and oxygen atoms in total. The number of thiophene rings is 1. The monoisotopic (exact) mass is 693 g/mol. The lowest BCUT2D eigenvalue weighted by molar-refractivity contribution is 0.661. The minimum atomic E-state index is -0.111. The van der Waals surface area contributed by atoms with Gasteiger partial charge >= 0.3 is 0 Å². The molecule has 9 aromatic carbocycles. The lowest BCUT2D eigenvalue weighted by Crippen LogP contribution is -2.15. The van der Waals surface area contributed by atoms with E-state index in [1.165, 1.54) is 97.2 Å². The van der Waals surface area contributed by atoms with Gasteiger partial charge in [0.05, 0.1) is 16.1 Å². The van der Waals surface area contributed by atoms with Crippen molar-refractivity contribution in [2.24, 2.45) is 0 Å². The lowest BCUT2D eigenvalue weighted by atomic mass is 9.82. The normalized spacial score (nSPS) is 13.2. The van der Waals surface area contributed by atoms with Gasteiger partial charge in [-0.05, 0) is 103 Å². The van der Waals surface area contributed by atoms with E-state index in [-0.39, 0.29) is 5.41 Å². The van der Waals surface area contributed by atoms with Crippen LogP contribution in [0.4, 0.5) is 17.1 Å². The Balaban J connectivity index is 1.25. The number of nitrogens with zero attached hydrogens (tertiary/aromatic N) is 1. The summed E-state index contributed by atoms with van der Waals surface area (Å²) in [4.78, 5) is 2.55. The molecule has 10 aromatic rings. The maximum absolute atomic E-state index is 2.55. The Morgan fingerprint density at radius 1 is 0.415 bits per heavy atom. The maximum atomic E-state index is 2.55. The van der Waals surface area contributed by atoms with E-state index < -0.39 is 0 Å². The second kappa shape index (κ2) is 11.4. The van der Waals surface area contributed by atoms with Gasteiger partial charge in [0.1, 0.15) is 0 Å². The van der Waals surface area contributed by atoms with E-state index in [1.807, 2.05) is 11.3 Å². The molecule has 0 radical (unpaired) electrons. The van der Waals surface area contributed by atoms with E-state index in [2.05, 4.69) is 195 Å². The standard InChI is InChI=1S/C51H35NS/c1-51(2)44-27-26-36(31-43(44)42-29-34-15-3-4-16-35(34)30-45(42)51)52(47-23-12-22-41-39-20-9-10-24-48(39)53-50(41)47)46-28-25-33-14-6-8-19-38(33)49(46)40-21-11-17-32-13-5-7-18-37(32)40/h3-31H,1-2H3. The molecule has 2 heteroatoms. The van der Waals surface area contributed by atoms with Crippen LogP contribution in [0.15, 0.2) is 176 Å². The minimum Gasteiger partial charge on any atom is -0.308 e. The molecule has 11 rings (SSSR count). The van der Waals surface area contributed by atoms with Gasteiger partial charge in [-0.25, -0.2) is 0 Å². The fraction of sp³-hybridized carbons (Fsp3) is 0.0588. The Kier molecular flexibility index (Phi) is 6.53. The van der Waals surface area contributed by atoms with Gasteiger partial charge in [0.2, 0.25) is 0 Å². The Bertz CT molecular complexity index is 3100. The van der Waals surface area contributed by atoms with Crippen LogP contribution in [-0.4, -0.2) is 0 Å². The molecule has 0 N–H and O–H groups in total. The third-order valence-electron chi connectivity index (χ3n) is 11.6. The van der Waals surface area contributed by atoms with E-state index in [4.69, 9.17) is 0 Å². The van der Waals surface area contributed by atoms with E-state index >= 15 is 0 Å². The van der Waals surface area contributed by atoms with Crippen LogP contribution in [0.25, 0.3) is 74.7 Å². The molecular formula is C51H35NS. The summed E-state index contributed by atoms with van der Waals surface area (Å²) >= 11 is 1.89. The van der Waals surface area contributed by atoms with Gasteiger partial charge in [0.15, 0.2) is 0 Å². The summed E-state index contributed by atoms with van der Waals surface area (Å²) in [7, 11) is 0. The van der Waals surface area contributed by atoms with Gasteiger partial charge in [-0.15, -0.1) is 11.3 Å². The number of fused-ring (bicyclic) bond motifs is 9. The van der Waals surface area contributed by atoms with Gasteiger partial charge in [-0.1, -0.05) is 147 Å². The molecule has 1 heterocycles. The summed E-state index contributed by atoms with van der Waals surface area (Å²) in [5.41, 5.74) is 11.3. The first kappa shape index (κ1) is 30.4. The second-order valence-electron chi connectivity index (χ2n) is 14.9. The summed E-state index contributed by atoms with van der Waals surface area (Å²) in [5, 5.41) is 10.1. The van der Waals surface area contributed by atoms with Gasteiger partial charge in [0, 0.05) is 32.1 Å². The van der Waals surface area contributed by atoms with Crippen LogP contribution in [0.5, 0.6) is 0 Å². The van der Waals surface area contributed by atoms with Crippen molar-refractivity contribution in [1.82, 2.24) is 0 Å². The van der Waals surface area contributed by atoms with Crippen molar-refractivity contribution in [2.75, 3.05) is 4.90 Å². The van der Waals surface area contributed by atoms with Crippen LogP contribution in [0.1, 0.15) is 25.0 Å². The summed E-state index contributed by atoms with van der Waals surface area (Å²) < 4.78 is 2.59. The molecule has 53 heavy (non-hydrogen) atoms. The molecule has 250 valence electrons. The highest BCUT2D eigenvalue weighted by molar-refractivity contribution is 7.26. The molecule has 0 amide bonds. The fourth-order valence-corrected chi connectivity index (χ4v) is 10.3.